The standard InChI is InChI=1S/C30H46N2O2/c1-19(2)20-9-14-30(17-31)16-15-28(5)21(25(20)30)7-8-23-26(3)12-11-24(32-34)27(4,18-33)22(26)10-13-29(23,28)6/h20-23,25,33-34H,1,7-16,18H2,2-6H3/b32-24-/t20-,21+,22+,23+,25+,26-,27?,28+,29+,30+/m0/s1. The van der Waals surface area contributed by atoms with Gasteiger partial charge in [-0.05, 0) is 117 Å². The maximum atomic E-state index is 10.5. The van der Waals surface area contributed by atoms with Gasteiger partial charge in [-0.25, -0.2) is 0 Å². The van der Waals surface area contributed by atoms with E-state index >= 15 is 0 Å². The van der Waals surface area contributed by atoms with Crippen molar-refractivity contribution < 1.29 is 10.3 Å². The summed E-state index contributed by atoms with van der Waals surface area (Å²) in [7, 11) is 0. The molecule has 0 heterocycles. The second-order valence-electron chi connectivity index (χ2n) is 14.1. The quantitative estimate of drug-likeness (QED) is 0.262. The highest BCUT2D eigenvalue weighted by Gasteiger charge is 2.71. The molecule has 5 aliphatic rings. The van der Waals surface area contributed by atoms with Gasteiger partial charge in [0.05, 0.1) is 23.8 Å². The zero-order chi connectivity index (χ0) is 24.7. The summed E-state index contributed by atoms with van der Waals surface area (Å²) < 4.78 is 0. The van der Waals surface area contributed by atoms with Gasteiger partial charge in [0.2, 0.25) is 0 Å². The molecule has 0 aliphatic heterocycles. The monoisotopic (exact) mass is 466 g/mol. The Balaban J connectivity index is 1.56. The van der Waals surface area contributed by atoms with Gasteiger partial charge < -0.3 is 10.3 Å². The molecule has 5 saturated carbocycles. The van der Waals surface area contributed by atoms with Gasteiger partial charge in [-0.2, -0.15) is 5.26 Å². The third kappa shape index (κ3) is 2.72. The number of rotatable bonds is 2. The number of hydrogen-bond acceptors (Lipinski definition) is 4. The van der Waals surface area contributed by atoms with Crippen molar-refractivity contribution >= 4 is 5.71 Å². The number of nitriles is 1. The molecule has 0 spiro atoms. The van der Waals surface area contributed by atoms with Gasteiger partial charge in [0.25, 0.3) is 0 Å². The van der Waals surface area contributed by atoms with E-state index in [1.807, 2.05) is 0 Å². The molecule has 1 unspecified atom stereocenters. The molecule has 188 valence electrons. The largest absolute Gasteiger partial charge is 0.411 e. The van der Waals surface area contributed by atoms with Gasteiger partial charge in [-0.15, -0.1) is 0 Å². The summed E-state index contributed by atoms with van der Waals surface area (Å²) in [5, 5.41) is 34.4. The zero-order valence-electron chi connectivity index (χ0n) is 22.2. The number of fused-ring (bicyclic) bond motifs is 7. The van der Waals surface area contributed by atoms with Crippen molar-refractivity contribution in [1.29, 1.82) is 5.26 Å². The van der Waals surface area contributed by atoms with Crippen molar-refractivity contribution in [2.24, 2.45) is 61.8 Å². The molecule has 10 atom stereocenters. The van der Waals surface area contributed by atoms with Gasteiger partial charge in [0.1, 0.15) is 0 Å². The lowest BCUT2D eigenvalue weighted by atomic mass is 9.32. The predicted molar refractivity (Wildman–Crippen MR) is 135 cm³/mol. The minimum Gasteiger partial charge on any atom is -0.411 e. The lowest BCUT2D eigenvalue weighted by Crippen LogP contribution is -2.66. The van der Waals surface area contributed by atoms with E-state index in [1.54, 1.807) is 0 Å². The van der Waals surface area contributed by atoms with Crippen LogP contribution in [0, 0.1) is 68.0 Å². The van der Waals surface area contributed by atoms with Crippen molar-refractivity contribution in [3.63, 3.8) is 0 Å². The maximum absolute atomic E-state index is 10.5. The maximum Gasteiger partial charge on any atom is 0.0693 e. The van der Waals surface area contributed by atoms with Crippen LogP contribution >= 0.6 is 0 Å². The second kappa shape index (κ2) is 7.58. The van der Waals surface area contributed by atoms with Gasteiger partial charge in [-0.3, -0.25) is 0 Å². The molecule has 0 saturated heterocycles. The molecule has 4 heteroatoms. The molecule has 0 aromatic rings. The zero-order valence-corrected chi connectivity index (χ0v) is 22.2. The fraction of sp³-hybridized carbons (Fsp3) is 0.867. The number of aliphatic hydroxyl groups excluding tert-OH is 1. The molecule has 0 amide bonds. The highest BCUT2D eigenvalue weighted by atomic mass is 16.4. The average molecular weight is 467 g/mol. The summed E-state index contributed by atoms with van der Waals surface area (Å²) in [6.07, 6.45) is 10.9. The number of aliphatic hydroxyl groups is 1. The van der Waals surface area contributed by atoms with Crippen LogP contribution in [0.3, 0.4) is 0 Å². The molecule has 5 aliphatic carbocycles. The molecular weight excluding hydrogens is 420 g/mol. The molecule has 0 aromatic carbocycles. The molecule has 0 aromatic heterocycles. The molecular formula is C30H46N2O2. The first-order chi connectivity index (χ1) is 16.0. The van der Waals surface area contributed by atoms with E-state index in [2.05, 4.69) is 52.4 Å². The van der Waals surface area contributed by atoms with Gasteiger partial charge in [0.15, 0.2) is 0 Å². The smallest absolute Gasteiger partial charge is 0.0693 e. The first kappa shape index (κ1) is 24.4. The van der Waals surface area contributed by atoms with E-state index in [9.17, 15) is 15.6 Å². The average Bonchev–Trinajstić information content (AvgIpc) is 3.20. The lowest BCUT2D eigenvalue weighted by Gasteiger charge is -2.72. The SMILES string of the molecule is C=C(C)[C@@H]1CC[C@]2(C#N)CC[C@]3(C)[C@H](CC[C@@H]4[C@@]5(C)CC/C(=N/O)C(C)(CO)[C@@H]5CC[C@]43C)[C@@H]12. The van der Waals surface area contributed by atoms with E-state index in [0.29, 0.717) is 29.6 Å². The van der Waals surface area contributed by atoms with Crippen molar-refractivity contribution in [3.8, 4) is 6.07 Å². The van der Waals surface area contributed by atoms with E-state index < -0.39 is 5.41 Å². The van der Waals surface area contributed by atoms with E-state index in [1.165, 1.54) is 31.3 Å². The highest BCUT2D eigenvalue weighted by Crippen LogP contribution is 2.77. The van der Waals surface area contributed by atoms with Crippen LogP contribution in [0.4, 0.5) is 0 Å². The molecule has 2 N–H and O–H groups in total. The Hall–Kier alpha value is -1.34. The number of oxime groups is 1. The summed E-state index contributed by atoms with van der Waals surface area (Å²) in [6.45, 7) is 16.5. The Morgan fingerprint density at radius 2 is 1.74 bits per heavy atom. The van der Waals surface area contributed by atoms with Crippen molar-refractivity contribution in [2.45, 2.75) is 98.8 Å². The fourth-order valence-corrected chi connectivity index (χ4v) is 11.3. The molecule has 5 fully saturated rings. The molecule has 0 bridgehead atoms. The van der Waals surface area contributed by atoms with E-state index in [0.717, 1.165) is 44.2 Å². The summed E-state index contributed by atoms with van der Waals surface area (Å²) in [4.78, 5) is 0. The third-order valence-corrected chi connectivity index (χ3v) is 13.3. The highest BCUT2D eigenvalue weighted by molar-refractivity contribution is 5.91. The fourth-order valence-electron chi connectivity index (χ4n) is 11.3. The summed E-state index contributed by atoms with van der Waals surface area (Å²) in [5.74, 6) is 2.49. The summed E-state index contributed by atoms with van der Waals surface area (Å²) in [5.41, 5.74) is 2.11. The second-order valence-corrected chi connectivity index (χ2v) is 14.1. The molecule has 4 nitrogen and oxygen atoms in total. The summed E-state index contributed by atoms with van der Waals surface area (Å²) >= 11 is 0. The Morgan fingerprint density at radius 3 is 2.35 bits per heavy atom. The van der Waals surface area contributed by atoms with Crippen LogP contribution in [-0.4, -0.2) is 22.6 Å². The number of nitrogens with zero attached hydrogens (tertiary/aromatic N) is 2. The van der Waals surface area contributed by atoms with Crippen LogP contribution in [0.5, 0.6) is 0 Å². The van der Waals surface area contributed by atoms with Gasteiger partial charge in [-0.1, -0.05) is 45.0 Å². The number of hydrogen-bond donors (Lipinski definition) is 2. The molecule has 5 rings (SSSR count). The summed E-state index contributed by atoms with van der Waals surface area (Å²) in [6, 6.07) is 2.88. The van der Waals surface area contributed by atoms with Crippen LogP contribution in [0.15, 0.2) is 17.3 Å². The van der Waals surface area contributed by atoms with Crippen molar-refractivity contribution in [1.82, 2.24) is 0 Å². The first-order valence-electron chi connectivity index (χ1n) is 13.9. The van der Waals surface area contributed by atoms with Crippen molar-refractivity contribution in [2.75, 3.05) is 6.61 Å². The number of allylic oxidation sites excluding steroid dienone is 1. The van der Waals surface area contributed by atoms with Crippen LogP contribution in [-0.2, 0) is 0 Å². The normalized spacial score (nSPS) is 55.4. The van der Waals surface area contributed by atoms with E-state index in [4.69, 9.17) is 0 Å². The Labute approximate surface area is 206 Å². The Kier molecular flexibility index (Phi) is 5.43. The Bertz CT molecular complexity index is 952. The van der Waals surface area contributed by atoms with Crippen LogP contribution in [0.25, 0.3) is 0 Å². The minimum atomic E-state index is -0.431. The van der Waals surface area contributed by atoms with Crippen LogP contribution < -0.4 is 0 Å². The van der Waals surface area contributed by atoms with Gasteiger partial charge >= 0.3 is 0 Å². The predicted octanol–water partition coefficient (Wildman–Crippen LogP) is 6.97. The first-order valence-corrected chi connectivity index (χ1v) is 13.9. The van der Waals surface area contributed by atoms with E-state index in [-0.39, 0.29) is 28.3 Å². The van der Waals surface area contributed by atoms with Crippen LogP contribution in [0.2, 0.25) is 0 Å². The minimum absolute atomic E-state index is 0.0586. The van der Waals surface area contributed by atoms with Crippen LogP contribution in [0.1, 0.15) is 98.8 Å². The van der Waals surface area contributed by atoms with Crippen molar-refractivity contribution in [3.05, 3.63) is 12.2 Å². The Morgan fingerprint density at radius 1 is 1.00 bits per heavy atom. The van der Waals surface area contributed by atoms with Gasteiger partial charge in [0, 0.05) is 5.41 Å². The molecule has 34 heavy (non-hydrogen) atoms. The topological polar surface area (TPSA) is 76.6 Å². The molecule has 0 radical (unpaired) electrons. The lowest BCUT2D eigenvalue weighted by molar-refractivity contribution is -0.226. The third-order valence-electron chi connectivity index (χ3n) is 13.3.